The monoisotopic (exact) mass is 417 g/mol. The molecule has 4 N–H and O–H groups in total. The normalized spacial score (nSPS) is 11.2. The number of halogens is 3. The van der Waals surface area contributed by atoms with Crippen molar-refractivity contribution in [2.24, 2.45) is 5.73 Å². The Morgan fingerprint density at radius 2 is 1.85 bits per heavy atom. The average Bonchev–Trinajstić information content (AvgIpc) is 2.57. The van der Waals surface area contributed by atoms with Crippen molar-refractivity contribution in [3.8, 4) is 0 Å². The highest BCUT2D eigenvalue weighted by Gasteiger charge is 2.15. The molecule has 7 nitrogen and oxygen atoms in total. The summed E-state index contributed by atoms with van der Waals surface area (Å²) in [5.74, 6) is -0.689. The summed E-state index contributed by atoms with van der Waals surface area (Å²) in [6.07, 6.45) is 5.04. The van der Waals surface area contributed by atoms with Gasteiger partial charge in [0, 0.05) is 30.5 Å². The van der Waals surface area contributed by atoms with E-state index in [1.54, 1.807) is 0 Å². The zero-order valence-corrected chi connectivity index (χ0v) is 16.2. The van der Waals surface area contributed by atoms with Gasteiger partial charge in [-0.1, -0.05) is 23.2 Å². The van der Waals surface area contributed by atoms with E-state index in [-0.39, 0.29) is 52.2 Å². The second-order valence-electron chi connectivity index (χ2n) is 5.42. The summed E-state index contributed by atoms with van der Waals surface area (Å²) in [4.78, 5) is 31.7. The predicted molar refractivity (Wildman–Crippen MR) is 105 cm³/mol. The number of nitrogens with one attached hydrogen (secondary N) is 2. The molecule has 2 rings (SSSR count). The first-order valence-corrected chi connectivity index (χ1v) is 8.24. The number of amides is 2. The topological polar surface area (TPSA) is 110 Å². The predicted octanol–water partition coefficient (Wildman–Crippen LogP) is 3.52. The molecule has 1 unspecified atom stereocenters. The lowest BCUT2D eigenvalue weighted by molar-refractivity contribution is -0.116. The number of rotatable bonds is 6. The number of anilines is 2. The van der Waals surface area contributed by atoms with Crippen molar-refractivity contribution in [2.45, 2.75) is 25.8 Å². The molecule has 1 heterocycles. The number of aromatic nitrogens is 2. The first-order valence-electron chi connectivity index (χ1n) is 7.48. The van der Waals surface area contributed by atoms with Crippen molar-refractivity contribution in [1.29, 1.82) is 0 Å². The summed E-state index contributed by atoms with van der Waals surface area (Å²) < 4.78 is 0. The fourth-order valence-corrected chi connectivity index (χ4v) is 2.52. The first-order chi connectivity index (χ1) is 11.9. The molecule has 1 aromatic carbocycles. The molecule has 2 amide bonds. The summed E-state index contributed by atoms with van der Waals surface area (Å²) in [5, 5.41) is 5.65. The van der Waals surface area contributed by atoms with E-state index in [4.69, 9.17) is 28.9 Å². The third-order valence-corrected chi connectivity index (χ3v) is 3.78. The Balaban J connectivity index is 0.00000338. The van der Waals surface area contributed by atoms with E-state index in [1.165, 1.54) is 30.7 Å². The molecule has 0 fully saturated rings. The maximum Gasteiger partial charge on any atom is 0.275 e. The molecule has 0 aliphatic carbocycles. The van der Waals surface area contributed by atoms with Crippen molar-refractivity contribution in [3.05, 3.63) is 46.5 Å². The molecule has 140 valence electrons. The molecular formula is C16H18Cl3N5O2. The Labute approximate surface area is 167 Å². The van der Waals surface area contributed by atoms with Gasteiger partial charge in [-0.2, -0.15) is 0 Å². The van der Waals surface area contributed by atoms with Gasteiger partial charge in [0.15, 0.2) is 0 Å². The van der Waals surface area contributed by atoms with Crippen LogP contribution in [0.3, 0.4) is 0 Å². The quantitative estimate of drug-likeness (QED) is 0.665. The number of hydrogen-bond donors (Lipinski definition) is 3. The molecule has 26 heavy (non-hydrogen) atoms. The maximum atomic E-state index is 12.1. The standard InChI is InChI=1S/C16H17Cl2N5O2.ClH/c1-9(19)2-3-14(24)22-10-6-11(17)15(12(18)7-10)23-16(25)13-8-20-4-5-21-13;/h4-9H,2-3,19H2,1H3,(H,22,24)(H,23,25);1H. The molecule has 0 aliphatic heterocycles. The number of carbonyl (C=O) groups excluding carboxylic acids is 2. The minimum Gasteiger partial charge on any atom is -0.328 e. The third-order valence-electron chi connectivity index (χ3n) is 3.19. The smallest absolute Gasteiger partial charge is 0.275 e. The van der Waals surface area contributed by atoms with Crippen LogP contribution < -0.4 is 16.4 Å². The van der Waals surface area contributed by atoms with E-state index >= 15 is 0 Å². The Morgan fingerprint density at radius 1 is 1.19 bits per heavy atom. The van der Waals surface area contributed by atoms with Crippen LogP contribution in [0.4, 0.5) is 11.4 Å². The van der Waals surface area contributed by atoms with Crippen LogP contribution >= 0.6 is 35.6 Å². The van der Waals surface area contributed by atoms with E-state index in [1.807, 2.05) is 6.92 Å². The molecule has 0 bridgehead atoms. The SMILES string of the molecule is CC(N)CCC(=O)Nc1cc(Cl)c(NC(=O)c2cnccn2)c(Cl)c1.Cl. The van der Waals surface area contributed by atoms with Gasteiger partial charge in [0.05, 0.1) is 21.9 Å². The lowest BCUT2D eigenvalue weighted by atomic mass is 10.2. The fourth-order valence-electron chi connectivity index (χ4n) is 1.94. The molecule has 1 atom stereocenters. The van der Waals surface area contributed by atoms with Gasteiger partial charge in [-0.05, 0) is 25.5 Å². The molecule has 1 aromatic heterocycles. The minimum absolute atomic E-state index is 0. The van der Waals surface area contributed by atoms with Gasteiger partial charge < -0.3 is 16.4 Å². The Morgan fingerprint density at radius 3 is 2.38 bits per heavy atom. The molecule has 0 spiro atoms. The van der Waals surface area contributed by atoms with Crippen LogP contribution in [0, 0.1) is 0 Å². The summed E-state index contributed by atoms with van der Waals surface area (Å²) in [6.45, 7) is 1.83. The fraction of sp³-hybridized carbons (Fsp3) is 0.250. The van der Waals surface area contributed by atoms with E-state index in [2.05, 4.69) is 20.6 Å². The number of nitrogens with zero attached hydrogens (tertiary/aromatic N) is 2. The van der Waals surface area contributed by atoms with Gasteiger partial charge in [0.1, 0.15) is 5.69 Å². The average molecular weight is 419 g/mol. The van der Waals surface area contributed by atoms with Gasteiger partial charge in [-0.15, -0.1) is 12.4 Å². The molecule has 0 aliphatic rings. The lowest BCUT2D eigenvalue weighted by Crippen LogP contribution is -2.19. The van der Waals surface area contributed by atoms with Gasteiger partial charge >= 0.3 is 0 Å². The van der Waals surface area contributed by atoms with Crippen LogP contribution in [0.25, 0.3) is 0 Å². The second-order valence-corrected chi connectivity index (χ2v) is 6.24. The van der Waals surface area contributed by atoms with Crippen LogP contribution in [0.5, 0.6) is 0 Å². The van der Waals surface area contributed by atoms with E-state index < -0.39 is 5.91 Å². The van der Waals surface area contributed by atoms with Crippen molar-refractivity contribution in [1.82, 2.24) is 9.97 Å². The van der Waals surface area contributed by atoms with Crippen LogP contribution in [-0.4, -0.2) is 27.8 Å². The van der Waals surface area contributed by atoms with Crippen LogP contribution in [0.1, 0.15) is 30.3 Å². The van der Waals surface area contributed by atoms with Crippen molar-refractivity contribution in [3.63, 3.8) is 0 Å². The largest absolute Gasteiger partial charge is 0.328 e. The van der Waals surface area contributed by atoms with Crippen LogP contribution in [-0.2, 0) is 4.79 Å². The highest BCUT2D eigenvalue weighted by molar-refractivity contribution is 6.40. The van der Waals surface area contributed by atoms with E-state index in [0.717, 1.165) is 0 Å². The third kappa shape index (κ3) is 6.42. The zero-order valence-electron chi connectivity index (χ0n) is 13.8. The van der Waals surface area contributed by atoms with Gasteiger partial charge in [0.25, 0.3) is 5.91 Å². The van der Waals surface area contributed by atoms with E-state index in [0.29, 0.717) is 12.1 Å². The summed E-state index contributed by atoms with van der Waals surface area (Å²) in [6, 6.07) is 2.95. The minimum atomic E-state index is -0.495. The van der Waals surface area contributed by atoms with Crippen LogP contribution in [0.15, 0.2) is 30.7 Å². The van der Waals surface area contributed by atoms with Gasteiger partial charge in [-0.3, -0.25) is 14.6 Å². The van der Waals surface area contributed by atoms with E-state index in [9.17, 15) is 9.59 Å². The van der Waals surface area contributed by atoms with Crippen molar-refractivity contribution in [2.75, 3.05) is 10.6 Å². The summed E-state index contributed by atoms with van der Waals surface area (Å²) in [5.41, 5.74) is 6.41. The highest BCUT2D eigenvalue weighted by atomic mass is 35.5. The zero-order chi connectivity index (χ0) is 18.4. The summed E-state index contributed by atoms with van der Waals surface area (Å²) >= 11 is 12.3. The number of benzene rings is 1. The van der Waals surface area contributed by atoms with Gasteiger partial charge in [-0.25, -0.2) is 4.98 Å². The lowest BCUT2D eigenvalue weighted by Gasteiger charge is -2.12. The number of nitrogens with two attached hydrogens (primary N) is 1. The first kappa shape index (κ1) is 22.1. The van der Waals surface area contributed by atoms with Crippen molar-refractivity contribution >= 4 is 58.8 Å². The highest BCUT2D eigenvalue weighted by Crippen LogP contribution is 2.34. The molecule has 0 radical (unpaired) electrons. The Kier molecular flexibility index (Phi) is 8.74. The molecule has 10 heteroatoms. The number of hydrogen-bond acceptors (Lipinski definition) is 5. The summed E-state index contributed by atoms with van der Waals surface area (Å²) in [7, 11) is 0. The molecule has 0 saturated carbocycles. The van der Waals surface area contributed by atoms with Crippen molar-refractivity contribution < 1.29 is 9.59 Å². The Bertz CT molecular complexity index is 749. The van der Waals surface area contributed by atoms with Crippen LogP contribution in [0.2, 0.25) is 10.0 Å². The molecular weight excluding hydrogens is 401 g/mol. The number of carbonyl (C=O) groups is 2. The molecule has 2 aromatic rings. The Hall–Kier alpha value is -1.93. The maximum absolute atomic E-state index is 12.1. The molecule has 0 saturated heterocycles. The van der Waals surface area contributed by atoms with Gasteiger partial charge in [0.2, 0.25) is 5.91 Å². The second kappa shape index (κ2) is 10.3.